The molecule has 4 nitrogen and oxygen atoms in total. The van der Waals surface area contributed by atoms with Gasteiger partial charge in [0.25, 0.3) is 0 Å². The largest absolute Gasteiger partial charge is 0.405 e. The Kier molecular flexibility index (Phi) is 16.6. The molecule has 1 aliphatic rings. The van der Waals surface area contributed by atoms with Crippen molar-refractivity contribution >= 4 is 23.0 Å². The predicted octanol–water partition coefficient (Wildman–Crippen LogP) is 8.32. The van der Waals surface area contributed by atoms with E-state index in [1.807, 2.05) is 55.5 Å². The summed E-state index contributed by atoms with van der Waals surface area (Å²) in [4.78, 5) is 2.48. The van der Waals surface area contributed by atoms with E-state index in [-0.39, 0.29) is 0 Å². The molecule has 0 aliphatic heterocycles. The molecule has 0 bridgehead atoms. The minimum Gasteiger partial charge on any atom is -0.405 e. The van der Waals surface area contributed by atoms with Gasteiger partial charge in [-0.15, -0.1) is 0 Å². The zero-order chi connectivity index (χ0) is 29.0. The first-order valence-corrected chi connectivity index (χ1v) is 14.0. The number of para-hydroxylation sites is 1. The minimum absolute atomic E-state index is 0.771. The zero-order valence-electron chi connectivity index (χ0n) is 24.2. The molecule has 3 aromatic carbocycles. The Hall–Kier alpha value is -3.63. The van der Waals surface area contributed by atoms with Crippen LogP contribution in [-0.2, 0) is 6.42 Å². The molecule has 1 aliphatic carbocycles. The van der Waals surface area contributed by atoms with Crippen LogP contribution in [0.5, 0.6) is 0 Å². The van der Waals surface area contributed by atoms with Crippen LogP contribution < -0.4 is 22.1 Å². The fraction of sp³-hybridized carbons (Fsp3) is 0.294. The number of anilines is 2. The van der Waals surface area contributed by atoms with E-state index in [2.05, 4.69) is 74.4 Å². The third-order valence-electron chi connectivity index (χ3n) is 5.91. The number of nitrogens with two attached hydrogens (primary N) is 3. The average molecular weight is 547 g/mol. The van der Waals surface area contributed by atoms with Crippen LogP contribution in [0.15, 0.2) is 103 Å². The summed E-state index contributed by atoms with van der Waals surface area (Å²) in [5, 5.41) is 0.771. The van der Waals surface area contributed by atoms with Crippen molar-refractivity contribution in [1.82, 2.24) is 0 Å². The van der Waals surface area contributed by atoms with Crippen molar-refractivity contribution in [3.05, 3.63) is 131 Å². The molecule has 0 fully saturated rings. The highest BCUT2D eigenvalue weighted by Gasteiger charge is 2.05. The molecule has 3 aromatic rings. The number of benzene rings is 3. The molecule has 39 heavy (non-hydrogen) atoms. The lowest BCUT2D eigenvalue weighted by Crippen LogP contribution is -2.25. The summed E-state index contributed by atoms with van der Waals surface area (Å²) in [5.41, 5.74) is 24.0. The molecule has 0 amide bonds. The van der Waals surface area contributed by atoms with Crippen molar-refractivity contribution in [2.24, 2.45) is 11.5 Å². The van der Waals surface area contributed by atoms with E-state index < -0.39 is 0 Å². The molecule has 210 valence electrons. The molecular formula is C34H47ClN4. The normalized spacial score (nSPS) is 11.1. The number of hydrogen-bond acceptors (Lipinski definition) is 4. The zero-order valence-corrected chi connectivity index (χ0v) is 24.9. The van der Waals surface area contributed by atoms with Crippen molar-refractivity contribution < 1.29 is 0 Å². The van der Waals surface area contributed by atoms with Crippen LogP contribution in [-0.4, -0.2) is 13.1 Å². The van der Waals surface area contributed by atoms with E-state index in [0.29, 0.717) is 0 Å². The first-order chi connectivity index (χ1) is 18.7. The Morgan fingerprint density at radius 1 is 0.872 bits per heavy atom. The summed E-state index contributed by atoms with van der Waals surface area (Å²) in [6.07, 6.45) is 11.4. The molecule has 0 spiro atoms. The van der Waals surface area contributed by atoms with Crippen LogP contribution in [0, 0.1) is 13.8 Å². The van der Waals surface area contributed by atoms with Crippen molar-refractivity contribution in [1.29, 1.82) is 0 Å². The van der Waals surface area contributed by atoms with Crippen LogP contribution in [0.1, 0.15) is 55.4 Å². The van der Waals surface area contributed by atoms with Gasteiger partial charge in [0.2, 0.25) is 0 Å². The smallest absolute Gasteiger partial charge is 0.0406 e. The predicted molar refractivity (Wildman–Crippen MR) is 174 cm³/mol. The molecular weight excluding hydrogens is 500 g/mol. The SMILES string of the molecule is C=CN.CCCN(CCC)c1ccccc1C.Cc1ccc(Cc2ccc(Cl)cc2)cc1N.NC1=CC=CC1. The van der Waals surface area contributed by atoms with Crippen molar-refractivity contribution in [3.63, 3.8) is 0 Å². The number of hydrogen-bond donors (Lipinski definition) is 3. The van der Waals surface area contributed by atoms with E-state index in [9.17, 15) is 0 Å². The van der Waals surface area contributed by atoms with Gasteiger partial charge in [-0.1, -0.05) is 86.6 Å². The molecule has 0 saturated carbocycles. The van der Waals surface area contributed by atoms with Gasteiger partial charge in [-0.25, -0.2) is 0 Å². The van der Waals surface area contributed by atoms with Crippen molar-refractivity contribution in [2.45, 2.75) is 53.4 Å². The van der Waals surface area contributed by atoms with E-state index in [4.69, 9.17) is 23.1 Å². The Balaban J connectivity index is 0.000000300. The summed E-state index contributed by atoms with van der Waals surface area (Å²) in [6.45, 7) is 14.1. The quantitative estimate of drug-likeness (QED) is 0.260. The number of halogens is 1. The first-order valence-electron chi connectivity index (χ1n) is 13.6. The van der Waals surface area contributed by atoms with Gasteiger partial charge >= 0.3 is 0 Å². The summed E-state index contributed by atoms with van der Waals surface area (Å²) >= 11 is 5.84. The minimum atomic E-state index is 0.771. The molecule has 0 saturated heterocycles. The number of allylic oxidation sites excluding steroid dienone is 3. The van der Waals surface area contributed by atoms with E-state index in [1.54, 1.807) is 0 Å². The van der Waals surface area contributed by atoms with Gasteiger partial charge in [0, 0.05) is 41.6 Å². The van der Waals surface area contributed by atoms with Crippen LogP contribution in [0.3, 0.4) is 0 Å². The number of rotatable bonds is 7. The van der Waals surface area contributed by atoms with Gasteiger partial charge in [-0.3, -0.25) is 0 Å². The molecule has 6 N–H and O–H groups in total. The Bertz CT molecular complexity index is 1160. The van der Waals surface area contributed by atoms with E-state index in [0.717, 1.165) is 34.8 Å². The van der Waals surface area contributed by atoms with E-state index >= 15 is 0 Å². The lowest BCUT2D eigenvalue weighted by molar-refractivity contribution is 0.743. The maximum absolute atomic E-state index is 5.88. The second-order valence-electron chi connectivity index (χ2n) is 9.38. The van der Waals surface area contributed by atoms with Crippen LogP contribution in [0.2, 0.25) is 5.02 Å². The van der Waals surface area contributed by atoms with Gasteiger partial charge in [-0.2, -0.15) is 0 Å². The van der Waals surface area contributed by atoms with Gasteiger partial charge in [-0.05, 0) is 91.9 Å². The Morgan fingerprint density at radius 2 is 1.46 bits per heavy atom. The van der Waals surface area contributed by atoms with Crippen molar-refractivity contribution in [2.75, 3.05) is 23.7 Å². The standard InChI is InChI=1S/C14H14ClN.C13H21N.C5H7N.C2H5N/c1-10-2-3-12(9-14(10)16)8-11-4-6-13(15)7-5-11;1-4-10-14(11-5-2)13-9-7-6-8-12(13)3;6-5-3-1-2-4-5;1-2-3/h2-7,9H,8,16H2,1H3;6-9H,4-5,10-11H2,1-3H3;1-3H,4,6H2;2H,1,3H2. The molecule has 4 rings (SSSR count). The van der Waals surface area contributed by atoms with Gasteiger partial charge in [0.1, 0.15) is 0 Å². The third-order valence-corrected chi connectivity index (χ3v) is 6.16. The van der Waals surface area contributed by atoms with Crippen LogP contribution in [0.4, 0.5) is 11.4 Å². The highest BCUT2D eigenvalue weighted by atomic mass is 35.5. The fourth-order valence-electron chi connectivity index (χ4n) is 3.91. The molecule has 0 radical (unpaired) electrons. The highest BCUT2D eigenvalue weighted by molar-refractivity contribution is 6.30. The lowest BCUT2D eigenvalue weighted by Gasteiger charge is -2.25. The topological polar surface area (TPSA) is 81.3 Å². The average Bonchev–Trinajstić information content (AvgIpc) is 3.40. The summed E-state index contributed by atoms with van der Waals surface area (Å²) in [7, 11) is 0. The number of aryl methyl sites for hydroxylation is 2. The summed E-state index contributed by atoms with van der Waals surface area (Å²) in [6, 6.07) is 22.7. The maximum atomic E-state index is 5.88. The fourth-order valence-corrected chi connectivity index (χ4v) is 4.04. The molecule has 0 atom stereocenters. The van der Waals surface area contributed by atoms with Crippen molar-refractivity contribution in [3.8, 4) is 0 Å². The van der Waals surface area contributed by atoms with Gasteiger partial charge < -0.3 is 22.1 Å². The molecule has 0 aromatic heterocycles. The molecule has 0 unspecified atom stereocenters. The first kappa shape index (κ1) is 33.4. The lowest BCUT2D eigenvalue weighted by atomic mass is 10.0. The van der Waals surface area contributed by atoms with E-state index in [1.165, 1.54) is 54.5 Å². The summed E-state index contributed by atoms with van der Waals surface area (Å²) < 4.78 is 0. The highest BCUT2D eigenvalue weighted by Crippen LogP contribution is 2.20. The second-order valence-corrected chi connectivity index (χ2v) is 9.81. The van der Waals surface area contributed by atoms with Gasteiger partial charge in [0.15, 0.2) is 0 Å². The molecule has 5 heteroatoms. The van der Waals surface area contributed by atoms with Crippen LogP contribution >= 0.6 is 11.6 Å². The Morgan fingerprint density at radius 3 is 1.92 bits per heavy atom. The number of nitrogen functional groups attached to an aromatic ring is 1. The molecule has 0 heterocycles. The van der Waals surface area contributed by atoms with Crippen LogP contribution in [0.25, 0.3) is 0 Å². The second kappa shape index (κ2) is 19.4. The third kappa shape index (κ3) is 13.6. The Labute approximate surface area is 241 Å². The number of nitrogens with zero attached hydrogens (tertiary/aromatic N) is 1. The maximum Gasteiger partial charge on any atom is 0.0406 e. The van der Waals surface area contributed by atoms with Gasteiger partial charge in [0.05, 0.1) is 0 Å². The monoisotopic (exact) mass is 546 g/mol. The summed E-state index contributed by atoms with van der Waals surface area (Å²) in [5.74, 6) is 0.